The second-order valence-electron chi connectivity index (χ2n) is 15.0. The number of piperidine rings is 1. The summed E-state index contributed by atoms with van der Waals surface area (Å²) in [7, 11) is 1.65. The summed E-state index contributed by atoms with van der Waals surface area (Å²) in [5.41, 5.74) is 4.88. The topological polar surface area (TPSA) is 170 Å². The van der Waals surface area contributed by atoms with Crippen LogP contribution in [0.4, 0.5) is 10.6 Å². The van der Waals surface area contributed by atoms with Crippen LogP contribution in [0.25, 0.3) is 33.2 Å². The number of hydrogen-bond acceptors (Lipinski definition) is 10. The van der Waals surface area contributed by atoms with Crippen LogP contribution in [0.3, 0.4) is 0 Å². The molecule has 0 aliphatic carbocycles. The number of aromatic amines is 1. The van der Waals surface area contributed by atoms with E-state index in [-0.39, 0.29) is 42.6 Å². The van der Waals surface area contributed by atoms with Crippen molar-refractivity contribution < 1.29 is 23.9 Å². The first-order valence-corrected chi connectivity index (χ1v) is 19.3. The first kappa shape index (κ1) is 36.7. The van der Waals surface area contributed by atoms with E-state index >= 15 is 0 Å². The minimum atomic E-state index is -0.767. The zero-order chi connectivity index (χ0) is 39.6. The molecular weight excluding hydrogens is 773 g/mol. The number of imide groups is 1. The first-order valence-electron chi connectivity index (χ1n) is 18.6. The van der Waals surface area contributed by atoms with Crippen molar-refractivity contribution in [3.8, 4) is 17.0 Å². The Morgan fingerprint density at radius 2 is 1.81 bits per heavy atom. The fraction of sp³-hybridized carbons (Fsp3) is 0.325. The Balaban J connectivity index is 0.783. The highest BCUT2D eigenvalue weighted by Crippen LogP contribution is 2.42. The number of hydrogen-bond donors (Lipinski definition) is 2. The van der Waals surface area contributed by atoms with Crippen molar-refractivity contribution in [3.05, 3.63) is 98.8 Å². The summed E-state index contributed by atoms with van der Waals surface area (Å²) in [5, 5.41) is 11.7. The molecule has 4 aromatic heterocycles. The zero-order valence-electron chi connectivity index (χ0n) is 31.0. The minimum Gasteiger partial charge on any atom is -0.486 e. The Morgan fingerprint density at radius 1 is 1.02 bits per heavy atom. The molecule has 1 spiro atoms. The molecular formula is C40H37Cl2N9O6. The molecule has 3 aliphatic rings. The second kappa shape index (κ2) is 14.2. The smallest absolute Gasteiger partial charge is 0.409 e. The maximum atomic E-state index is 13.2. The number of imidazole rings is 1. The average Bonchev–Trinajstić information content (AvgIpc) is 3.68. The molecule has 1 unspecified atom stereocenters. The Morgan fingerprint density at radius 3 is 2.54 bits per heavy atom. The summed E-state index contributed by atoms with van der Waals surface area (Å²) < 4.78 is 14.8. The van der Waals surface area contributed by atoms with Gasteiger partial charge in [-0.2, -0.15) is 5.10 Å². The van der Waals surface area contributed by atoms with Crippen molar-refractivity contribution >= 4 is 68.9 Å². The molecule has 57 heavy (non-hydrogen) atoms. The van der Waals surface area contributed by atoms with Crippen LogP contribution in [0.1, 0.15) is 43.0 Å². The number of fused-ring (bicyclic) bond motifs is 2. The fourth-order valence-electron chi connectivity index (χ4n) is 8.38. The van der Waals surface area contributed by atoms with E-state index in [0.717, 1.165) is 46.6 Å². The third kappa shape index (κ3) is 6.53. The van der Waals surface area contributed by atoms with E-state index < -0.39 is 18.1 Å². The molecule has 0 radical (unpaired) electrons. The van der Waals surface area contributed by atoms with Crippen LogP contribution in [0.15, 0.2) is 71.9 Å². The quantitative estimate of drug-likeness (QED) is 0.176. The van der Waals surface area contributed by atoms with Gasteiger partial charge in [-0.3, -0.25) is 34.1 Å². The van der Waals surface area contributed by atoms with Crippen LogP contribution < -0.4 is 20.6 Å². The number of pyridine rings is 2. The molecule has 0 saturated carbocycles. The number of carbonyl (C=O) groups excluding carboxylic acids is 3. The van der Waals surface area contributed by atoms with Gasteiger partial charge in [0.2, 0.25) is 11.8 Å². The van der Waals surface area contributed by atoms with E-state index in [1.54, 1.807) is 30.4 Å². The highest BCUT2D eigenvalue weighted by molar-refractivity contribution is 6.35. The summed E-state index contributed by atoms with van der Waals surface area (Å²) in [5.74, 6) is 0.666. The van der Waals surface area contributed by atoms with Gasteiger partial charge in [0.25, 0.3) is 0 Å². The van der Waals surface area contributed by atoms with E-state index in [2.05, 4.69) is 25.4 Å². The van der Waals surface area contributed by atoms with Gasteiger partial charge >= 0.3 is 11.8 Å². The molecule has 15 nitrogen and oxygen atoms in total. The number of amides is 3. The van der Waals surface area contributed by atoms with Gasteiger partial charge in [0.15, 0.2) is 0 Å². The summed E-state index contributed by atoms with van der Waals surface area (Å²) >= 11 is 12.7. The Bertz CT molecular complexity index is 2620. The molecule has 6 aromatic rings. The average molecular weight is 811 g/mol. The molecule has 7 heterocycles. The molecule has 3 fully saturated rings. The monoisotopic (exact) mass is 809 g/mol. The number of aryl methyl sites for hydroxylation is 1. The zero-order valence-corrected chi connectivity index (χ0v) is 32.5. The standard InChI is InChI=1S/C40H37Cl2N9O6/c1-22(34-27(41)16-43-17-28(34)42)57-25-7-8-29-26(14-25)35(47-46-29)24-6-10-32(44-15-24)49-18-40(19-49)20-50(21-40)39(55)56-13-12-23-4-3-5-30-36(23)48(2)38(54)51(30)31-9-11-33(52)45-37(31)53/h3-8,10,14-17,22,31H,9,11-13,18-21H2,1-2H3,(H,46,47)(H,45,52,53)/t22-,31?/m1/s1. The van der Waals surface area contributed by atoms with E-state index in [1.807, 2.05) is 55.6 Å². The number of benzene rings is 2. The van der Waals surface area contributed by atoms with Crippen molar-refractivity contribution in [2.75, 3.05) is 37.7 Å². The largest absolute Gasteiger partial charge is 0.486 e. The lowest BCUT2D eigenvalue weighted by Crippen LogP contribution is -2.73. The van der Waals surface area contributed by atoms with Crippen LogP contribution in [0.2, 0.25) is 10.0 Å². The summed E-state index contributed by atoms with van der Waals surface area (Å²) in [6, 6.07) is 14.4. The van der Waals surface area contributed by atoms with Crippen LogP contribution in [0.5, 0.6) is 5.75 Å². The number of ether oxygens (including phenoxy) is 2. The molecule has 9 rings (SSSR count). The number of halogens is 2. The lowest BCUT2D eigenvalue weighted by molar-refractivity contribution is -0.135. The maximum Gasteiger partial charge on any atom is 0.409 e. The third-order valence-electron chi connectivity index (χ3n) is 11.2. The van der Waals surface area contributed by atoms with Crippen molar-refractivity contribution in [2.45, 2.75) is 38.3 Å². The van der Waals surface area contributed by atoms with Crippen LogP contribution in [-0.2, 0) is 27.8 Å². The lowest BCUT2D eigenvalue weighted by Gasteiger charge is -2.59. The Labute approximate surface area is 335 Å². The number of aromatic nitrogens is 6. The SMILES string of the molecule is C[C@@H](Oc1ccc2[nH]nc(-c3ccc(N4CC5(CN(C(=O)OCCc6cccc7c6n(C)c(=O)n7C6CCC(=O)NC6=O)C5)C4)nc3)c2c1)c1c(Cl)cncc1Cl. The Hall–Kier alpha value is -5.93. The molecule has 2 atom stereocenters. The molecule has 3 saturated heterocycles. The van der Waals surface area contributed by atoms with E-state index in [0.29, 0.717) is 51.9 Å². The van der Waals surface area contributed by atoms with Crippen molar-refractivity contribution in [1.82, 2.24) is 39.5 Å². The van der Waals surface area contributed by atoms with Crippen LogP contribution in [-0.4, -0.2) is 84.9 Å². The number of anilines is 1. The predicted molar refractivity (Wildman–Crippen MR) is 212 cm³/mol. The number of carbonyl (C=O) groups is 3. The number of para-hydroxylation sites is 1. The van der Waals surface area contributed by atoms with Gasteiger partial charge in [-0.1, -0.05) is 35.3 Å². The van der Waals surface area contributed by atoms with Gasteiger partial charge in [-0.05, 0) is 55.3 Å². The third-order valence-corrected chi connectivity index (χ3v) is 11.8. The Kier molecular flexibility index (Phi) is 9.16. The van der Waals surface area contributed by atoms with Gasteiger partial charge in [-0.25, -0.2) is 14.6 Å². The van der Waals surface area contributed by atoms with E-state index in [9.17, 15) is 19.2 Å². The second-order valence-corrected chi connectivity index (χ2v) is 15.8. The van der Waals surface area contributed by atoms with Crippen LogP contribution in [0, 0.1) is 5.41 Å². The molecule has 2 N–H and O–H groups in total. The fourth-order valence-corrected chi connectivity index (χ4v) is 9.05. The van der Waals surface area contributed by atoms with E-state index in [4.69, 9.17) is 37.7 Å². The molecule has 0 bridgehead atoms. The van der Waals surface area contributed by atoms with Crippen molar-refractivity contribution in [2.24, 2.45) is 12.5 Å². The van der Waals surface area contributed by atoms with Gasteiger partial charge in [0.05, 0.1) is 33.2 Å². The molecule has 17 heteroatoms. The predicted octanol–water partition coefficient (Wildman–Crippen LogP) is 5.60. The first-order chi connectivity index (χ1) is 27.5. The van der Waals surface area contributed by atoms with Gasteiger partial charge in [0.1, 0.15) is 29.4 Å². The number of H-pyrrole nitrogens is 1. The lowest BCUT2D eigenvalue weighted by atomic mass is 9.73. The maximum absolute atomic E-state index is 13.2. The molecule has 2 aromatic carbocycles. The number of rotatable bonds is 9. The summed E-state index contributed by atoms with van der Waals surface area (Å²) in [4.78, 5) is 63.2. The normalized spacial score (nSPS) is 18.1. The summed E-state index contributed by atoms with van der Waals surface area (Å²) in [6.45, 7) is 4.77. The molecule has 292 valence electrons. The van der Waals surface area contributed by atoms with Gasteiger partial charge in [-0.15, -0.1) is 0 Å². The highest BCUT2D eigenvalue weighted by atomic mass is 35.5. The highest BCUT2D eigenvalue weighted by Gasteiger charge is 2.54. The number of nitrogens with one attached hydrogen (secondary N) is 2. The number of likely N-dealkylation sites (tertiary alicyclic amines) is 1. The summed E-state index contributed by atoms with van der Waals surface area (Å²) in [6.07, 6.45) is 4.94. The molecule has 3 amide bonds. The van der Waals surface area contributed by atoms with Crippen molar-refractivity contribution in [3.63, 3.8) is 0 Å². The number of nitrogens with zero attached hydrogens (tertiary/aromatic N) is 7. The van der Waals surface area contributed by atoms with Crippen LogP contribution >= 0.6 is 23.2 Å². The molecule has 3 aliphatic heterocycles. The van der Waals surface area contributed by atoms with Gasteiger partial charge in [0, 0.05) is 86.6 Å². The van der Waals surface area contributed by atoms with Gasteiger partial charge < -0.3 is 19.3 Å². The van der Waals surface area contributed by atoms with E-state index in [1.165, 1.54) is 9.13 Å². The minimum absolute atomic E-state index is 0.00116. The van der Waals surface area contributed by atoms with Crippen molar-refractivity contribution in [1.29, 1.82) is 0 Å².